The third kappa shape index (κ3) is 4.42. The van der Waals surface area contributed by atoms with Crippen molar-refractivity contribution in [2.24, 2.45) is 0 Å². The third-order valence-electron chi connectivity index (χ3n) is 4.64. The summed E-state index contributed by atoms with van der Waals surface area (Å²) in [5.74, 6) is -1.40. The van der Waals surface area contributed by atoms with E-state index in [1.165, 1.54) is 12.1 Å². The molecule has 1 aliphatic heterocycles. The fraction of sp³-hybridized carbons (Fsp3) is 0.333. The molecule has 8 heteroatoms. The summed E-state index contributed by atoms with van der Waals surface area (Å²) in [4.78, 5) is 24.5. The maximum Gasteiger partial charge on any atom is 0.347 e. The largest absolute Gasteiger partial charge is 0.460 e. The van der Waals surface area contributed by atoms with Gasteiger partial charge in [0.1, 0.15) is 6.10 Å². The minimum absolute atomic E-state index is 0.0193. The predicted octanol–water partition coefficient (Wildman–Crippen LogP) is 3.27. The lowest BCUT2D eigenvalue weighted by Crippen LogP contribution is -2.24. The van der Waals surface area contributed by atoms with Gasteiger partial charge in [-0.1, -0.05) is 29.8 Å². The number of hydrogen-bond donors (Lipinski definition) is 1. The maximum atomic E-state index is 13.0. The second-order valence-corrected chi connectivity index (χ2v) is 8.88. The first-order valence-electron chi connectivity index (χ1n) is 9.19. The summed E-state index contributed by atoms with van der Waals surface area (Å²) >= 11 is 0. The first-order chi connectivity index (χ1) is 13.6. The van der Waals surface area contributed by atoms with Crippen LogP contribution in [0, 0.1) is 20.8 Å². The van der Waals surface area contributed by atoms with Crippen LogP contribution >= 0.6 is 0 Å². The second-order valence-electron chi connectivity index (χ2n) is 7.26. The first-order valence-corrected chi connectivity index (χ1v) is 10.7. The van der Waals surface area contributed by atoms with Crippen molar-refractivity contribution in [1.29, 1.82) is 0 Å². The number of ether oxygens (including phenoxy) is 2. The first kappa shape index (κ1) is 20.9. The van der Waals surface area contributed by atoms with E-state index in [0.717, 1.165) is 5.56 Å². The molecule has 0 radical (unpaired) electrons. The Kier molecular flexibility index (Phi) is 5.66. The molecule has 1 heterocycles. The molecular formula is C21H23NO6S. The van der Waals surface area contributed by atoms with E-state index in [2.05, 4.69) is 4.72 Å². The van der Waals surface area contributed by atoms with Crippen LogP contribution in [0.4, 0.5) is 5.69 Å². The number of hydrogen-bond acceptors (Lipinski definition) is 6. The average molecular weight is 417 g/mol. The summed E-state index contributed by atoms with van der Waals surface area (Å²) in [7, 11) is -3.94. The van der Waals surface area contributed by atoms with Crippen molar-refractivity contribution in [2.45, 2.75) is 51.2 Å². The molecule has 2 aromatic carbocycles. The van der Waals surface area contributed by atoms with Crippen molar-refractivity contribution in [3.63, 3.8) is 0 Å². The molecule has 1 N–H and O–H groups in total. The Morgan fingerprint density at radius 2 is 1.76 bits per heavy atom. The maximum absolute atomic E-state index is 13.0. The zero-order valence-electron chi connectivity index (χ0n) is 16.7. The van der Waals surface area contributed by atoms with Crippen molar-refractivity contribution in [1.82, 2.24) is 0 Å². The van der Waals surface area contributed by atoms with Crippen LogP contribution in [0.15, 0.2) is 41.3 Å². The Balaban J connectivity index is 1.89. The van der Waals surface area contributed by atoms with Gasteiger partial charge in [0.2, 0.25) is 6.10 Å². The van der Waals surface area contributed by atoms with Gasteiger partial charge in [-0.3, -0.25) is 4.72 Å². The molecule has 0 aliphatic carbocycles. The highest BCUT2D eigenvalue weighted by molar-refractivity contribution is 7.92. The Morgan fingerprint density at radius 3 is 2.34 bits per heavy atom. The summed E-state index contributed by atoms with van der Waals surface area (Å²) in [6, 6.07) is 9.69. The Labute approximate surface area is 170 Å². The van der Waals surface area contributed by atoms with Crippen molar-refractivity contribution >= 4 is 27.6 Å². The number of anilines is 1. The zero-order valence-corrected chi connectivity index (χ0v) is 17.5. The van der Waals surface area contributed by atoms with Crippen LogP contribution in [-0.4, -0.2) is 32.6 Å². The summed E-state index contributed by atoms with van der Waals surface area (Å²) in [5, 5.41) is 0. The average Bonchev–Trinajstić information content (AvgIpc) is 2.90. The molecule has 154 valence electrons. The third-order valence-corrected chi connectivity index (χ3v) is 6.31. The van der Waals surface area contributed by atoms with Gasteiger partial charge in [-0.2, -0.15) is 0 Å². The number of esters is 2. The van der Waals surface area contributed by atoms with Crippen LogP contribution < -0.4 is 4.72 Å². The van der Waals surface area contributed by atoms with E-state index in [1.807, 2.05) is 6.92 Å². The molecule has 3 rings (SSSR count). The van der Waals surface area contributed by atoms with E-state index >= 15 is 0 Å². The van der Waals surface area contributed by atoms with Gasteiger partial charge in [0.05, 0.1) is 16.1 Å². The van der Waals surface area contributed by atoms with Crippen molar-refractivity contribution < 1.29 is 27.5 Å². The van der Waals surface area contributed by atoms with E-state index in [4.69, 9.17) is 9.47 Å². The number of para-hydroxylation sites is 1. The highest BCUT2D eigenvalue weighted by atomic mass is 32.2. The molecule has 2 aromatic rings. The second kappa shape index (κ2) is 7.87. The quantitative estimate of drug-likeness (QED) is 0.750. The van der Waals surface area contributed by atoms with Crippen LogP contribution in [0.2, 0.25) is 0 Å². The lowest BCUT2D eigenvalue weighted by atomic mass is 10.1. The minimum atomic E-state index is -3.94. The summed E-state index contributed by atoms with van der Waals surface area (Å²) in [6.45, 7) is 7.05. The summed E-state index contributed by atoms with van der Waals surface area (Å²) < 4.78 is 38.8. The highest BCUT2D eigenvalue weighted by Crippen LogP contribution is 2.27. The highest BCUT2D eigenvalue weighted by Gasteiger charge is 2.35. The number of aryl methyl sites for hydroxylation is 3. The number of nitrogens with one attached hydrogen (secondary N) is 1. The molecule has 0 bridgehead atoms. The van der Waals surface area contributed by atoms with Crippen LogP contribution in [0.5, 0.6) is 0 Å². The van der Waals surface area contributed by atoms with Crippen LogP contribution in [0.25, 0.3) is 0 Å². The molecular weight excluding hydrogens is 394 g/mol. The van der Waals surface area contributed by atoms with Gasteiger partial charge < -0.3 is 9.47 Å². The summed E-state index contributed by atoms with van der Waals surface area (Å²) in [6.07, 6.45) is -1.06. The van der Waals surface area contributed by atoms with Crippen molar-refractivity contribution in [3.05, 3.63) is 58.7 Å². The predicted molar refractivity (Wildman–Crippen MR) is 107 cm³/mol. The number of benzene rings is 2. The lowest BCUT2D eigenvalue weighted by molar-refractivity contribution is -0.147. The zero-order chi connectivity index (χ0) is 21.3. The Hall–Kier alpha value is -2.87. The van der Waals surface area contributed by atoms with E-state index < -0.39 is 28.1 Å². The molecule has 7 nitrogen and oxygen atoms in total. The van der Waals surface area contributed by atoms with Gasteiger partial charge in [0.15, 0.2) is 0 Å². The van der Waals surface area contributed by atoms with Crippen molar-refractivity contribution in [3.8, 4) is 0 Å². The molecule has 0 spiro atoms. The molecule has 1 fully saturated rings. The molecule has 0 unspecified atom stereocenters. The van der Waals surface area contributed by atoms with E-state index in [-0.39, 0.29) is 28.7 Å². The van der Waals surface area contributed by atoms with Crippen molar-refractivity contribution in [2.75, 3.05) is 4.72 Å². The van der Waals surface area contributed by atoms with Gasteiger partial charge in [0, 0.05) is 6.42 Å². The van der Waals surface area contributed by atoms with Gasteiger partial charge in [-0.25, -0.2) is 18.0 Å². The fourth-order valence-corrected chi connectivity index (χ4v) is 5.08. The number of cyclic esters (lactones) is 1. The number of sulfonamides is 1. The fourth-order valence-electron chi connectivity index (χ4n) is 3.55. The van der Waals surface area contributed by atoms with Gasteiger partial charge in [0.25, 0.3) is 10.0 Å². The van der Waals surface area contributed by atoms with Crippen LogP contribution in [0.1, 0.15) is 40.4 Å². The molecule has 1 saturated heterocycles. The van der Waals surface area contributed by atoms with Gasteiger partial charge >= 0.3 is 11.9 Å². The number of carbonyl (C=O) groups excluding carboxylic acids is 2. The number of rotatable bonds is 5. The molecule has 2 atom stereocenters. The molecule has 0 amide bonds. The lowest BCUT2D eigenvalue weighted by Gasteiger charge is -2.16. The van der Waals surface area contributed by atoms with E-state index in [1.54, 1.807) is 45.0 Å². The molecule has 0 aromatic heterocycles. The molecule has 0 saturated carbocycles. The number of carbonyl (C=O) groups is 2. The van der Waals surface area contributed by atoms with Gasteiger partial charge in [-0.15, -0.1) is 0 Å². The molecule has 29 heavy (non-hydrogen) atoms. The minimum Gasteiger partial charge on any atom is -0.460 e. The van der Waals surface area contributed by atoms with E-state index in [9.17, 15) is 18.0 Å². The topological polar surface area (TPSA) is 98.8 Å². The standard InChI is InChI=1S/C21H23NO6S/c1-12-9-13(2)19(14(3)10-12)29(25,26)22-17-8-6-5-7-16(17)20(23)28-18-11-15(4)27-21(18)24/h5-10,15,18,22H,11H2,1-4H3/t15-,18-/m0/s1. The smallest absolute Gasteiger partial charge is 0.347 e. The van der Waals surface area contributed by atoms with Gasteiger partial charge in [-0.05, 0) is 51.0 Å². The molecule has 1 aliphatic rings. The van der Waals surface area contributed by atoms with E-state index in [0.29, 0.717) is 11.1 Å². The van der Waals surface area contributed by atoms with Crippen LogP contribution in [0.3, 0.4) is 0 Å². The Bertz CT molecular complexity index is 1050. The normalized spacial score (nSPS) is 19.0. The van der Waals surface area contributed by atoms with Crippen LogP contribution in [-0.2, 0) is 24.3 Å². The summed E-state index contributed by atoms with van der Waals surface area (Å²) in [5.41, 5.74) is 2.28. The SMILES string of the molecule is Cc1cc(C)c(S(=O)(=O)Nc2ccccc2C(=O)O[C@H]2C[C@H](C)OC2=O)c(C)c1. The Morgan fingerprint density at radius 1 is 1.14 bits per heavy atom. The monoisotopic (exact) mass is 417 g/mol.